The number of piperidine rings is 1. The van der Waals surface area contributed by atoms with Crippen LogP contribution in [0.3, 0.4) is 0 Å². The highest BCUT2D eigenvalue weighted by Gasteiger charge is 2.23. The van der Waals surface area contributed by atoms with Crippen molar-refractivity contribution in [2.75, 3.05) is 25.5 Å². The van der Waals surface area contributed by atoms with Gasteiger partial charge in [-0.15, -0.1) is 0 Å². The molecule has 0 aliphatic carbocycles. The number of hydrogen-bond donors (Lipinski definition) is 2. The van der Waals surface area contributed by atoms with Gasteiger partial charge in [-0.2, -0.15) is 0 Å². The molecule has 1 fully saturated rings. The van der Waals surface area contributed by atoms with Crippen LogP contribution < -0.4 is 15.5 Å². The van der Waals surface area contributed by atoms with Crippen molar-refractivity contribution in [3.8, 4) is 0 Å². The zero-order valence-electron chi connectivity index (χ0n) is 11.3. The fraction of sp³-hybridized carbons (Fsp3) is 0.429. The van der Waals surface area contributed by atoms with Gasteiger partial charge in [0.1, 0.15) is 6.04 Å². The van der Waals surface area contributed by atoms with Gasteiger partial charge in [0.05, 0.1) is 0 Å². The van der Waals surface area contributed by atoms with Gasteiger partial charge in [-0.05, 0) is 37.1 Å². The van der Waals surface area contributed by atoms with Gasteiger partial charge in [0.2, 0.25) is 5.91 Å². The average Bonchev–Trinajstić information content (AvgIpc) is 2.41. The minimum absolute atomic E-state index is 0.0930. The van der Waals surface area contributed by atoms with E-state index in [1.807, 2.05) is 31.1 Å². The number of nitrogens with one attached hydrogen (secondary N) is 2. The second kappa shape index (κ2) is 5.73. The molecule has 1 aromatic rings. The Bertz CT molecular complexity index is 468. The van der Waals surface area contributed by atoms with E-state index >= 15 is 0 Å². The lowest BCUT2D eigenvalue weighted by atomic mass is 10.1. The summed E-state index contributed by atoms with van der Waals surface area (Å²) in [5.74, 6) is -0.295. The van der Waals surface area contributed by atoms with E-state index in [-0.39, 0.29) is 11.8 Å². The Labute approximate surface area is 113 Å². The first-order chi connectivity index (χ1) is 9.08. The second-order valence-electron chi connectivity index (χ2n) is 4.90. The molecule has 0 bridgehead atoms. The molecule has 5 nitrogen and oxygen atoms in total. The summed E-state index contributed by atoms with van der Waals surface area (Å²) >= 11 is 0. The maximum atomic E-state index is 12.0. The number of benzene rings is 1. The van der Waals surface area contributed by atoms with Crippen LogP contribution in [-0.4, -0.2) is 38.5 Å². The molecule has 1 saturated heterocycles. The third-order valence-corrected chi connectivity index (χ3v) is 3.24. The minimum Gasteiger partial charge on any atom is -0.378 e. The smallest absolute Gasteiger partial charge is 0.251 e. The van der Waals surface area contributed by atoms with Crippen molar-refractivity contribution in [3.05, 3.63) is 29.8 Å². The van der Waals surface area contributed by atoms with Crippen LogP contribution in [0.4, 0.5) is 5.69 Å². The van der Waals surface area contributed by atoms with Crippen LogP contribution in [0.5, 0.6) is 0 Å². The first-order valence-corrected chi connectivity index (χ1v) is 6.44. The quantitative estimate of drug-likeness (QED) is 0.844. The Morgan fingerprint density at radius 2 is 2.00 bits per heavy atom. The zero-order chi connectivity index (χ0) is 13.8. The molecule has 19 heavy (non-hydrogen) atoms. The minimum atomic E-state index is -0.408. The second-order valence-corrected chi connectivity index (χ2v) is 4.90. The third-order valence-electron chi connectivity index (χ3n) is 3.24. The van der Waals surface area contributed by atoms with Gasteiger partial charge in [0.25, 0.3) is 5.91 Å². The van der Waals surface area contributed by atoms with Crippen LogP contribution in [0, 0.1) is 0 Å². The standard InChI is InChI=1S/C14H19N3O2/c1-17(2)11-7-5-10(6-8-11)13(18)16-12-4-3-9-15-14(12)19/h5-8,12H,3-4,9H2,1-2H3,(H,15,19)(H,16,18). The summed E-state index contributed by atoms with van der Waals surface area (Å²) in [4.78, 5) is 25.6. The number of carbonyl (C=O) groups is 2. The number of amides is 2. The molecule has 0 saturated carbocycles. The molecule has 1 unspecified atom stereocenters. The van der Waals surface area contributed by atoms with E-state index in [1.54, 1.807) is 12.1 Å². The predicted octanol–water partition coefficient (Wildman–Crippen LogP) is 0.761. The van der Waals surface area contributed by atoms with E-state index in [1.165, 1.54) is 0 Å². The van der Waals surface area contributed by atoms with Gasteiger partial charge in [-0.25, -0.2) is 0 Å². The molecule has 1 aliphatic heterocycles. The molecule has 0 radical (unpaired) electrons. The Balaban J connectivity index is 2.01. The van der Waals surface area contributed by atoms with E-state index in [9.17, 15) is 9.59 Å². The van der Waals surface area contributed by atoms with Crippen LogP contribution in [0.1, 0.15) is 23.2 Å². The maximum Gasteiger partial charge on any atom is 0.251 e. The Kier molecular flexibility index (Phi) is 4.04. The first-order valence-electron chi connectivity index (χ1n) is 6.44. The van der Waals surface area contributed by atoms with E-state index in [2.05, 4.69) is 10.6 Å². The molecule has 2 rings (SSSR count). The van der Waals surface area contributed by atoms with E-state index in [4.69, 9.17) is 0 Å². The molecule has 5 heteroatoms. The zero-order valence-corrected chi connectivity index (χ0v) is 11.3. The highest BCUT2D eigenvalue weighted by molar-refractivity contribution is 5.97. The van der Waals surface area contributed by atoms with E-state index in [0.717, 1.165) is 12.1 Å². The summed E-state index contributed by atoms with van der Waals surface area (Å²) in [6, 6.07) is 6.90. The Morgan fingerprint density at radius 1 is 1.32 bits per heavy atom. The molecular weight excluding hydrogens is 242 g/mol. The van der Waals surface area contributed by atoms with Crippen molar-refractivity contribution in [1.82, 2.24) is 10.6 Å². The molecule has 102 valence electrons. The molecular formula is C14H19N3O2. The fourth-order valence-corrected chi connectivity index (χ4v) is 2.06. The monoisotopic (exact) mass is 261 g/mol. The molecule has 2 amide bonds. The molecule has 1 aromatic carbocycles. The number of anilines is 1. The lowest BCUT2D eigenvalue weighted by Crippen LogP contribution is -2.50. The van der Waals surface area contributed by atoms with Gasteiger partial charge >= 0.3 is 0 Å². The number of nitrogens with zero attached hydrogens (tertiary/aromatic N) is 1. The number of rotatable bonds is 3. The van der Waals surface area contributed by atoms with Crippen LogP contribution in [0.25, 0.3) is 0 Å². The van der Waals surface area contributed by atoms with Crippen molar-refractivity contribution in [2.45, 2.75) is 18.9 Å². The average molecular weight is 261 g/mol. The van der Waals surface area contributed by atoms with Crippen LogP contribution in [0.2, 0.25) is 0 Å². The van der Waals surface area contributed by atoms with Gasteiger partial charge in [-0.3, -0.25) is 9.59 Å². The summed E-state index contributed by atoms with van der Waals surface area (Å²) in [6.45, 7) is 0.697. The molecule has 1 aliphatic rings. The summed E-state index contributed by atoms with van der Waals surface area (Å²) in [5.41, 5.74) is 1.61. The van der Waals surface area contributed by atoms with Crippen molar-refractivity contribution in [3.63, 3.8) is 0 Å². The predicted molar refractivity (Wildman–Crippen MR) is 74.3 cm³/mol. The van der Waals surface area contributed by atoms with E-state index in [0.29, 0.717) is 18.5 Å². The number of hydrogen-bond acceptors (Lipinski definition) is 3. The topological polar surface area (TPSA) is 61.4 Å². The Morgan fingerprint density at radius 3 is 2.58 bits per heavy atom. The summed E-state index contributed by atoms with van der Waals surface area (Å²) in [7, 11) is 3.89. The summed E-state index contributed by atoms with van der Waals surface area (Å²) in [5, 5.41) is 5.52. The highest BCUT2D eigenvalue weighted by atomic mass is 16.2. The van der Waals surface area contributed by atoms with Crippen molar-refractivity contribution >= 4 is 17.5 Å². The van der Waals surface area contributed by atoms with Crippen molar-refractivity contribution < 1.29 is 9.59 Å². The first kappa shape index (κ1) is 13.4. The van der Waals surface area contributed by atoms with Gasteiger partial charge < -0.3 is 15.5 Å². The van der Waals surface area contributed by atoms with Crippen LogP contribution >= 0.6 is 0 Å². The third kappa shape index (κ3) is 3.24. The van der Waals surface area contributed by atoms with E-state index < -0.39 is 6.04 Å². The molecule has 1 heterocycles. The van der Waals surface area contributed by atoms with Crippen LogP contribution in [-0.2, 0) is 4.79 Å². The normalized spacial score (nSPS) is 18.6. The molecule has 0 aromatic heterocycles. The highest BCUT2D eigenvalue weighted by Crippen LogP contribution is 2.12. The van der Waals surface area contributed by atoms with Crippen LogP contribution in [0.15, 0.2) is 24.3 Å². The van der Waals surface area contributed by atoms with Crippen molar-refractivity contribution in [1.29, 1.82) is 0 Å². The van der Waals surface area contributed by atoms with Gasteiger partial charge in [-0.1, -0.05) is 0 Å². The number of carbonyl (C=O) groups excluding carboxylic acids is 2. The SMILES string of the molecule is CN(C)c1ccc(C(=O)NC2CCCNC2=O)cc1. The van der Waals surface area contributed by atoms with Gasteiger partial charge in [0.15, 0.2) is 0 Å². The summed E-state index contributed by atoms with van der Waals surface area (Å²) < 4.78 is 0. The molecule has 0 spiro atoms. The maximum absolute atomic E-state index is 12.0. The summed E-state index contributed by atoms with van der Waals surface area (Å²) in [6.07, 6.45) is 1.60. The van der Waals surface area contributed by atoms with Crippen molar-refractivity contribution in [2.24, 2.45) is 0 Å². The molecule has 1 atom stereocenters. The van der Waals surface area contributed by atoms with Gasteiger partial charge in [0, 0.05) is 31.9 Å². The Hall–Kier alpha value is -2.04. The largest absolute Gasteiger partial charge is 0.378 e. The fourth-order valence-electron chi connectivity index (χ4n) is 2.06. The molecule has 2 N–H and O–H groups in total. The lowest BCUT2D eigenvalue weighted by Gasteiger charge is -2.22. The lowest BCUT2D eigenvalue weighted by molar-refractivity contribution is -0.124.